The van der Waals surface area contributed by atoms with Crippen LogP contribution in [0.3, 0.4) is 0 Å². The van der Waals surface area contributed by atoms with Crippen LogP contribution in [0.2, 0.25) is 0 Å². The van der Waals surface area contributed by atoms with Crippen molar-refractivity contribution in [3.8, 4) is 5.75 Å². The van der Waals surface area contributed by atoms with E-state index in [4.69, 9.17) is 5.41 Å². The van der Waals surface area contributed by atoms with E-state index in [1.165, 1.54) is 11.8 Å². The molecule has 1 aromatic rings. The van der Waals surface area contributed by atoms with Crippen LogP contribution in [0.1, 0.15) is 57.2 Å². The second kappa shape index (κ2) is 4.28. The zero-order chi connectivity index (χ0) is 12.5. The lowest BCUT2D eigenvalue weighted by Crippen LogP contribution is -2.13. The fourth-order valence-electron chi connectivity index (χ4n) is 1.70. The fourth-order valence-corrected chi connectivity index (χ4v) is 1.70. The van der Waals surface area contributed by atoms with Gasteiger partial charge < -0.3 is 10.5 Å². The zero-order valence-electron chi connectivity index (χ0n) is 10.8. The highest BCUT2D eigenvalue weighted by atomic mass is 16.3. The molecule has 0 aliphatic rings. The maximum atomic E-state index is 10.1. The summed E-state index contributed by atoms with van der Waals surface area (Å²) < 4.78 is 0. The van der Waals surface area contributed by atoms with Crippen LogP contribution in [0, 0.1) is 5.41 Å². The average molecular weight is 219 g/mol. The molecule has 88 valence electrons. The quantitative estimate of drug-likeness (QED) is 0.730. The van der Waals surface area contributed by atoms with E-state index in [1.807, 2.05) is 12.1 Å². The Bertz CT molecular complexity index is 400. The molecule has 0 aliphatic carbocycles. The minimum absolute atomic E-state index is 0.104. The molecule has 0 fully saturated rings. The Balaban J connectivity index is 3.48. The highest BCUT2D eigenvalue weighted by molar-refractivity contribution is 5.82. The lowest BCUT2D eigenvalue weighted by atomic mass is 9.83. The van der Waals surface area contributed by atoms with Gasteiger partial charge in [0, 0.05) is 17.3 Å². The third kappa shape index (κ3) is 2.43. The zero-order valence-corrected chi connectivity index (χ0v) is 10.8. The Morgan fingerprint density at radius 1 is 1.25 bits per heavy atom. The topological polar surface area (TPSA) is 44.1 Å². The Morgan fingerprint density at radius 2 is 1.81 bits per heavy atom. The molecule has 0 heterocycles. The van der Waals surface area contributed by atoms with Gasteiger partial charge in [-0.25, -0.2) is 0 Å². The van der Waals surface area contributed by atoms with Crippen LogP contribution in [-0.4, -0.2) is 11.3 Å². The second-order valence-corrected chi connectivity index (χ2v) is 5.56. The van der Waals surface area contributed by atoms with Crippen molar-refractivity contribution in [3.63, 3.8) is 0 Å². The predicted octanol–water partition coefficient (Wildman–Crippen LogP) is 3.81. The molecule has 0 aliphatic heterocycles. The maximum absolute atomic E-state index is 10.1. The van der Waals surface area contributed by atoms with Gasteiger partial charge in [-0.05, 0) is 23.0 Å². The first-order valence-electron chi connectivity index (χ1n) is 5.65. The molecule has 0 radical (unpaired) electrons. The molecular formula is C14H21NO. The number of rotatable bonds is 2. The van der Waals surface area contributed by atoms with Gasteiger partial charge in [0.1, 0.15) is 5.75 Å². The third-order valence-corrected chi connectivity index (χ3v) is 2.79. The molecule has 1 aromatic carbocycles. The number of hydrogen-bond acceptors (Lipinski definition) is 2. The van der Waals surface area contributed by atoms with Crippen molar-refractivity contribution in [3.05, 3.63) is 28.8 Å². The molecule has 0 unspecified atom stereocenters. The number of phenolic OH excluding ortho intramolecular Hbond substituents is 1. The van der Waals surface area contributed by atoms with E-state index in [0.717, 1.165) is 5.56 Å². The van der Waals surface area contributed by atoms with Crippen molar-refractivity contribution in [1.82, 2.24) is 0 Å². The van der Waals surface area contributed by atoms with Crippen molar-refractivity contribution < 1.29 is 5.11 Å². The summed E-state index contributed by atoms with van der Waals surface area (Å²) in [6.45, 7) is 10.4. The molecule has 16 heavy (non-hydrogen) atoms. The first kappa shape index (κ1) is 12.8. The van der Waals surface area contributed by atoms with Gasteiger partial charge in [-0.3, -0.25) is 0 Å². The van der Waals surface area contributed by atoms with Gasteiger partial charge in [-0.1, -0.05) is 40.7 Å². The molecule has 2 nitrogen and oxygen atoms in total. The molecule has 0 bridgehead atoms. The molecule has 0 amide bonds. The van der Waals surface area contributed by atoms with Gasteiger partial charge in [-0.15, -0.1) is 0 Å². The molecule has 0 saturated carbocycles. The second-order valence-electron chi connectivity index (χ2n) is 5.56. The lowest BCUT2D eigenvalue weighted by molar-refractivity contribution is 0.445. The third-order valence-electron chi connectivity index (χ3n) is 2.79. The van der Waals surface area contributed by atoms with E-state index in [-0.39, 0.29) is 11.2 Å². The molecule has 0 aromatic heterocycles. The molecule has 0 atom stereocenters. The summed E-state index contributed by atoms with van der Waals surface area (Å²) in [5.74, 6) is 0.646. The monoisotopic (exact) mass is 219 g/mol. The highest BCUT2D eigenvalue weighted by Crippen LogP contribution is 2.35. The average Bonchev–Trinajstić information content (AvgIpc) is 2.15. The molecule has 2 N–H and O–H groups in total. The number of benzene rings is 1. The normalized spacial score (nSPS) is 11.9. The van der Waals surface area contributed by atoms with E-state index in [9.17, 15) is 5.11 Å². The van der Waals surface area contributed by atoms with Crippen LogP contribution in [0.4, 0.5) is 0 Å². The van der Waals surface area contributed by atoms with Crippen LogP contribution < -0.4 is 0 Å². The minimum atomic E-state index is -0.104. The van der Waals surface area contributed by atoms with Crippen LogP contribution >= 0.6 is 0 Å². The lowest BCUT2D eigenvalue weighted by Gasteiger charge is -2.23. The number of aromatic hydroxyl groups is 1. The van der Waals surface area contributed by atoms with Gasteiger partial charge in [0.15, 0.2) is 0 Å². The van der Waals surface area contributed by atoms with E-state index in [0.29, 0.717) is 11.5 Å². The standard InChI is InChI=1S/C14H21NO/c1-9(2)10-6-11(8-15)13(16)12(7-10)14(3,4)5/h6-9,15-16H,1-5H3. The molecule has 0 saturated heterocycles. The van der Waals surface area contributed by atoms with E-state index < -0.39 is 0 Å². The van der Waals surface area contributed by atoms with Crippen LogP contribution in [-0.2, 0) is 5.41 Å². The van der Waals surface area contributed by atoms with E-state index in [2.05, 4.69) is 34.6 Å². The van der Waals surface area contributed by atoms with Crippen molar-refractivity contribution in [2.24, 2.45) is 0 Å². The smallest absolute Gasteiger partial charge is 0.128 e. The molecule has 2 heteroatoms. The highest BCUT2D eigenvalue weighted by Gasteiger charge is 2.21. The summed E-state index contributed by atoms with van der Waals surface area (Å²) >= 11 is 0. The van der Waals surface area contributed by atoms with Crippen molar-refractivity contribution >= 4 is 6.21 Å². The Kier molecular flexibility index (Phi) is 3.41. The van der Waals surface area contributed by atoms with Gasteiger partial charge >= 0.3 is 0 Å². The molecule has 1 rings (SSSR count). The van der Waals surface area contributed by atoms with Crippen molar-refractivity contribution in [2.45, 2.75) is 46.0 Å². The summed E-state index contributed by atoms with van der Waals surface area (Å²) in [6.07, 6.45) is 1.22. The SMILES string of the molecule is CC(C)c1cc(C=N)c(O)c(C(C)(C)C)c1. The largest absolute Gasteiger partial charge is 0.507 e. The summed E-state index contributed by atoms with van der Waals surface area (Å²) in [5, 5.41) is 17.4. The first-order chi connectivity index (χ1) is 7.27. The Morgan fingerprint density at radius 3 is 2.19 bits per heavy atom. The van der Waals surface area contributed by atoms with Gasteiger partial charge in [0.25, 0.3) is 0 Å². The summed E-state index contributed by atoms with van der Waals surface area (Å²) in [6, 6.07) is 3.94. The Labute approximate surface area is 97.8 Å². The van der Waals surface area contributed by atoms with E-state index in [1.54, 1.807) is 0 Å². The predicted molar refractivity (Wildman–Crippen MR) is 68.8 cm³/mol. The van der Waals surface area contributed by atoms with Crippen LogP contribution in [0.15, 0.2) is 12.1 Å². The van der Waals surface area contributed by atoms with Crippen molar-refractivity contribution in [1.29, 1.82) is 5.41 Å². The summed E-state index contributed by atoms with van der Waals surface area (Å²) in [7, 11) is 0. The maximum Gasteiger partial charge on any atom is 0.128 e. The van der Waals surface area contributed by atoms with Gasteiger partial charge in [0.05, 0.1) is 0 Å². The fraction of sp³-hybridized carbons (Fsp3) is 0.500. The van der Waals surface area contributed by atoms with Crippen molar-refractivity contribution in [2.75, 3.05) is 0 Å². The van der Waals surface area contributed by atoms with E-state index >= 15 is 0 Å². The number of nitrogens with one attached hydrogen (secondary N) is 1. The number of hydrogen-bond donors (Lipinski definition) is 2. The van der Waals surface area contributed by atoms with Gasteiger partial charge in [-0.2, -0.15) is 0 Å². The summed E-state index contributed by atoms with van der Waals surface area (Å²) in [4.78, 5) is 0. The molecule has 0 spiro atoms. The number of phenols is 1. The summed E-state index contributed by atoms with van der Waals surface area (Å²) in [5.41, 5.74) is 2.58. The first-order valence-corrected chi connectivity index (χ1v) is 5.65. The minimum Gasteiger partial charge on any atom is -0.507 e. The van der Waals surface area contributed by atoms with Crippen LogP contribution in [0.25, 0.3) is 0 Å². The van der Waals surface area contributed by atoms with Crippen LogP contribution in [0.5, 0.6) is 5.75 Å². The molecular weight excluding hydrogens is 198 g/mol. The van der Waals surface area contributed by atoms with Gasteiger partial charge in [0.2, 0.25) is 0 Å². The Hall–Kier alpha value is -1.31.